The molecule has 1 amide bonds. The van der Waals surface area contributed by atoms with Crippen LogP contribution in [0.4, 0.5) is 0 Å². The second-order valence-electron chi connectivity index (χ2n) is 7.19. The van der Waals surface area contributed by atoms with Gasteiger partial charge >= 0.3 is 0 Å². The van der Waals surface area contributed by atoms with Crippen molar-refractivity contribution in [3.05, 3.63) is 59.7 Å². The highest BCUT2D eigenvalue weighted by molar-refractivity contribution is 7.91. The minimum Gasteiger partial charge on any atom is -0.497 e. The Morgan fingerprint density at radius 1 is 1.14 bits per heavy atom. The standard InChI is InChI=1S/C22H27NO5S/c1-27-13-14-29(25,26)21-10-8-18(9-11-21)22(24)23-12-4-6-19(23)15-17-5-3-7-20(16-17)28-2/h3,5,7-11,16,19H,4,6,12-15H2,1-2H3. The highest BCUT2D eigenvalue weighted by Crippen LogP contribution is 2.25. The molecule has 0 aromatic heterocycles. The van der Waals surface area contributed by atoms with Crippen molar-refractivity contribution in [3.8, 4) is 5.75 Å². The van der Waals surface area contributed by atoms with E-state index in [1.807, 2.05) is 29.2 Å². The number of hydrogen-bond donors (Lipinski definition) is 0. The van der Waals surface area contributed by atoms with Crippen molar-refractivity contribution < 1.29 is 22.7 Å². The maximum absolute atomic E-state index is 13.0. The number of likely N-dealkylation sites (tertiary alicyclic amines) is 1. The Bertz CT molecular complexity index is 940. The van der Waals surface area contributed by atoms with Crippen LogP contribution in [0.1, 0.15) is 28.8 Å². The van der Waals surface area contributed by atoms with Gasteiger partial charge in [0.25, 0.3) is 5.91 Å². The van der Waals surface area contributed by atoms with Crippen LogP contribution in [-0.4, -0.2) is 58.4 Å². The van der Waals surface area contributed by atoms with E-state index in [0.29, 0.717) is 12.1 Å². The van der Waals surface area contributed by atoms with Crippen LogP contribution in [0.3, 0.4) is 0 Å². The second-order valence-corrected chi connectivity index (χ2v) is 9.30. The minimum atomic E-state index is -3.40. The third-order valence-electron chi connectivity index (χ3n) is 5.26. The molecule has 0 N–H and O–H groups in total. The lowest BCUT2D eigenvalue weighted by Crippen LogP contribution is -2.36. The topological polar surface area (TPSA) is 72.9 Å². The first kappa shape index (κ1) is 21.3. The Morgan fingerprint density at radius 2 is 1.90 bits per heavy atom. The van der Waals surface area contributed by atoms with Gasteiger partial charge in [0.2, 0.25) is 0 Å². The molecule has 1 fully saturated rings. The molecule has 7 heteroatoms. The summed E-state index contributed by atoms with van der Waals surface area (Å²) in [5, 5.41) is 0. The van der Waals surface area contributed by atoms with Gasteiger partial charge in [0.05, 0.1) is 24.4 Å². The zero-order valence-electron chi connectivity index (χ0n) is 16.8. The van der Waals surface area contributed by atoms with Crippen LogP contribution in [-0.2, 0) is 21.0 Å². The van der Waals surface area contributed by atoms with E-state index in [0.717, 1.165) is 30.6 Å². The normalized spacial score (nSPS) is 16.8. The lowest BCUT2D eigenvalue weighted by atomic mass is 10.0. The minimum absolute atomic E-state index is 0.0590. The molecule has 0 spiro atoms. The monoisotopic (exact) mass is 417 g/mol. The number of methoxy groups -OCH3 is 2. The summed E-state index contributed by atoms with van der Waals surface area (Å²) in [6.07, 6.45) is 2.68. The van der Waals surface area contributed by atoms with Gasteiger partial charge in [-0.05, 0) is 61.2 Å². The summed E-state index contributed by atoms with van der Waals surface area (Å²) < 4.78 is 34.6. The molecule has 1 unspecified atom stereocenters. The van der Waals surface area contributed by atoms with Crippen LogP contribution in [0.15, 0.2) is 53.4 Å². The summed E-state index contributed by atoms with van der Waals surface area (Å²) >= 11 is 0. The zero-order chi connectivity index (χ0) is 20.9. The van der Waals surface area contributed by atoms with Crippen molar-refractivity contribution in [1.29, 1.82) is 0 Å². The summed E-state index contributed by atoms with van der Waals surface area (Å²) in [7, 11) is -0.294. The first-order chi connectivity index (χ1) is 13.9. The molecule has 1 aliphatic rings. The maximum atomic E-state index is 13.0. The van der Waals surface area contributed by atoms with Gasteiger partial charge in [0, 0.05) is 25.3 Å². The third kappa shape index (κ3) is 5.16. The van der Waals surface area contributed by atoms with E-state index >= 15 is 0 Å². The molecular weight excluding hydrogens is 390 g/mol. The van der Waals surface area contributed by atoms with Crippen molar-refractivity contribution >= 4 is 15.7 Å². The Hall–Kier alpha value is -2.38. The number of amides is 1. The van der Waals surface area contributed by atoms with Crippen molar-refractivity contribution in [3.63, 3.8) is 0 Å². The molecule has 1 aliphatic heterocycles. The first-order valence-electron chi connectivity index (χ1n) is 9.70. The van der Waals surface area contributed by atoms with Crippen molar-refractivity contribution in [1.82, 2.24) is 4.90 Å². The molecule has 29 heavy (non-hydrogen) atoms. The van der Waals surface area contributed by atoms with Crippen LogP contribution in [0.5, 0.6) is 5.75 Å². The average Bonchev–Trinajstić information content (AvgIpc) is 3.20. The fourth-order valence-electron chi connectivity index (χ4n) is 3.67. The Balaban J connectivity index is 1.71. The summed E-state index contributed by atoms with van der Waals surface area (Å²) in [4.78, 5) is 15.1. The molecule has 1 saturated heterocycles. The number of hydrogen-bond acceptors (Lipinski definition) is 5. The van der Waals surface area contributed by atoms with Gasteiger partial charge in [0.1, 0.15) is 5.75 Å². The van der Waals surface area contributed by atoms with Crippen molar-refractivity contribution in [2.45, 2.75) is 30.2 Å². The van der Waals surface area contributed by atoms with Crippen molar-refractivity contribution in [2.75, 3.05) is 33.1 Å². The lowest BCUT2D eigenvalue weighted by Gasteiger charge is -2.25. The molecule has 0 aliphatic carbocycles. The number of rotatable bonds is 8. The molecule has 1 heterocycles. The Morgan fingerprint density at radius 3 is 2.59 bits per heavy atom. The number of sulfone groups is 1. The molecule has 3 rings (SSSR count). The smallest absolute Gasteiger partial charge is 0.254 e. The number of benzene rings is 2. The van der Waals surface area contributed by atoms with E-state index in [4.69, 9.17) is 9.47 Å². The van der Waals surface area contributed by atoms with Crippen LogP contribution >= 0.6 is 0 Å². The van der Waals surface area contributed by atoms with E-state index in [2.05, 4.69) is 0 Å². The number of ether oxygens (including phenoxy) is 2. The van der Waals surface area contributed by atoms with E-state index in [1.54, 1.807) is 19.2 Å². The van der Waals surface area contributed by atoms with Gasteiger partial charge in [-0.2, -0.15) is 0 Å². The summed E-state index contributed by atoms with van der Waals surface area (Å²) in [6, 6.07) is 14.2. The third-order valence-corrected chi connectivity index (χ3v) is 6.95. The number of carbonyl (C=O) groups excluding carboxylic acids is 1. The summed E-state index contributed by atoms with van der Waals surface area (Å²) in [6.45, 7) is 0.851. The van der Waals surface area contributed by atoms with E-state index < -0.39 is 9.84 Å². The highest BCUT2D eigenvalue weighted by atomic mass is 32.2. The second kappa shape index (κ2) is 9.41. The SMILES string of the molecule is COCCS(=O)(=O)c1ccc(C(=O)N2CCCC2Cc2cccc(OC)c2)cc1. The molecule has 6 nitrogen and oxygen atoms in total. The molecule has 2 aromatic carbocycles. The lowest BCUT2D eigenvalue weighted by molar-refractivity contribution is 0.0736. The van der Waals surface area contributed by atoms with Gasteiger partial charge < -0.3 is 14.4 Å². The molecule has 2 aromatic rings. The predicted octanol–water partition coefficient (Wildman–Crippen LogP) is 2.96. The first-order valence-corrected chi connectivity index (χ1v) is 11.4. The van der Waals surface area contributed by atoms with Gasteiger partial charge in [-0.15, -0.1) is 0 Å². The van der Waals surface area contributed by atoms with Crippen LogP contribution in [0.25, 0.3) is 0 Å². The highest BCUT2D eigenvalue weighted by Gasteiger charge is 2.29. The predicted molar refractivity (Wildman–Crippen MR) is 111 cm³/mol. The van der Waals surface area contributed by atoms with Crippen molar-refractivity contribution in [2.24, 2.45) is 0 Å². The van der Waals surface area contributed by atoms with Crippen LogP contribution < -0.4 is 4.74 Å². The molecule has 1 atom stereocenters. The number of carbonyl (C=O) groups is 1. The van der Waals surface area contributed by atoms with Gasteiger partial charge in [0.15, 0.2) is 9.84 Å². The Labute approximate surface area is 172 Å². The average molecular weight is 418 g/mol. The van der Waals surface area contributed by atoms with Crippen LogP contribution in [0, 0.1) is 0 Å². The Kier molecular flexibility index (Phi) is 6.92. The van der Waals surface area contributed by atoms with Gasteiger partial charge in [-0.25, -0.2) is 8.42 Å². The fourth-order valence-corrected chi connectivity index (χ4v) is 4.84. The summed E-state index contributed by atoms with van der Waals surface area (Å²) in [5.41, 5.74) is 1.64. The van der Waals surface area contributed by atoms with Gasteiger partial charge in [-0.3, -0.25) is 4.79 Å². The largest absolute Gasteiger partial charge is 0.497 e. The zero-order valence-corrected chi connectivity index (χ0v) is 17.7. The molecule has 156 valence electrons. The molecular formula is C22H27NO5S. The molecule has 0 saturated carbocycles. The number of nitrogens with zero attached hydrogens (tertiary/aromatic N) is 1. The van der Waals surface area contributed by atoms with Crippen LogP contribution in [0.2, 0.25) is 0 Å². The van der Waals surface area contributed by atoms with E-state index in [9.17, 15) is 13.2 Å². The summed E-state index contributed by atoms with van der Waals surface area (Å²) in [5.74, 6) is 0.672. The molecule has 0 radical (unpaired) electrons. The maximum Gasteiger partial charge on any atom is 0.254 e. The van der Waals surface area contributed by atoms with E-state index in [1.165, 1.54) is 19.2 Å². The molecule has 0 bridgehead atoms. The van der Waals surface area contributed by atoms with Gasteiger partial charge in [-0.1, -0.05) is 12.1 Å². The van der Waals surface area contributed by atoms with E-state index in [-0.39, 0.29) is 29.2 Å². The quantitative estimate of drug-likeness (QED) is 0.660. The fraction of sp³-hybridized carbons (Fsp3) is 0.409.